The monoisotopic (exact) mass is 467 g/mol. The molecule has 3 saturated carbocycles. The second-order valence-corrected chi connectivity index (χ2v) is 12.2. The molecule has 4 aliphatic carbocycles. The first-order valence-electron chi connectivity index (χ1n) is 13.1. The molecule has 0 aromatic carbocycles. The van der Waals surface area contributed by atoms with E-state index in [2.05, 4.69) is 30.3 Å². The van der Waals surface area contributed by atoms with Gasteiger partial charge in [-0.2, -0.15) is 4.98 Å². The molecule has 2 aliphatic heterocycles. The van der Waals surface area contributed by atoms with Crippen LogP contribution in [0.4, 0.5) is 0 Å². The average molecular weight is 468 g/mol. The van der Waals surface area contributed by atoms with Gasteiger partial charge in [-0.25, -0.2) is 4.79 Å². The van der Waals surface area contributed by atoms with Crippen LogP contribution in [-0.2, 0) is 26.4 Å². The predicted molar refractivity (Wildman–Crippen MR) is 129 cm³/mol. The van der Waals surface area contributed by atoms with E-state index in [1.165, 1.54) is 18.3 Å². The maximum absolute atomic E-state index is 13.0. The minimum absolute atomic E-state index is 0.0981. The molecule has 0 radical (unpaired) electrons. The Bertz CT molecular complexity index is 1250. The minimum Gasteiger partial charge on any atom is -0.393 e. The third kappa shape index (κ3) is 2.74. The first kappa shape index (κ1) is 22.5. The van der Waals surface area contributed by atoms with Gasteiger partial charge in [-0.15, -0.1) is 0 Å². The second-order valence-electron chi connectivity index (χ2n) is 12.2. The van der Waals surface area contributed by atoms with Crippen molar-refractivity contribution in [1.29, 1.82) is 0 Å². The van der Waals surface area contributed by atoms with Crippen LogP contribution in [0.5, 0.6) is 0 Å². The van der Waals surface area contributed by atoms with Crippen molar-refractivity contribution in [3.05, 3.63) is 38.2 Å². The molecule has 7 nitrogen and oxygen atoms in total. The normalized spacial score (nSPS) is 41.0. The molecule has 2 N–H and O–H groups in total. The van der Waals surface area contributed by atoms with Gasteiger partial charge in [0.15, 0.2) is 5.82 Å². The molecule has 0 bridgehead atoms. The van der Waals surface area contributed by atoms with E-state index in [4.69, 9.17) is 0 Å². The fourth-order valence-corrected chi connectivity index (χ4v) is 9.04. The standard InChI is InChI=1S/C27H37N3O4/c1-5-30-19-11-15-6-7-16-18(8-9-26(2)21(32)12-20(31)22(16)26)27(15,3)13-14(19)10-17-23(30)28-25(34)29(4)24(17)33/h10,15-16,18,20-22,31-32H,5-9,11-13H2,1-4H3/t15-,16+,18-,20+,21-,22+,26+,27-/m0/s1. The van der Waals surface area contributed by atoms with Crippen molar-refractivity contribution < 1.29 is 10.2 Å². The highest BCUT2D eigenvalue weighted by atomic mass is 16.3. The number of aromatic nitrogens is 3. The van der Waals surface area contributed by atoms with Crippen LogP contribution in [0, 0.1) is 34.5 Å². The minimum atomic E-state index is -0.497. The fraction of sp³-hybridized carbons (Fsp3) is 0.741. The van der Waals surface area contributed by atoms with Gasteiger partial charge in [0.2, 0.25) is 0 Å². The quantitative estimate of drug-likeness (QED) is 0.671. The Kier molecular flexibility index (Phi) is 4.80. The Morgan fingerprint density at radius 1 is 1.15 bits per heavy atom. The third-order valence-electron chi connectivity index (χ3n) is 10.9. The van der Waals surface area contributed by atoms with Gasteiger partial charge in [-0.1, -0.05) is 13.8 Å². The van der Waals surface area contributed by atoms with Crippen molar-refractivity contribution in [2.24, 2.45) is 41.5 Å². The summed E-state index contributed by atoms with van der Waals surface area (Å²) in [4.78, 5) is 29.6. The van der Waals surface area contributed by atoms with Crippen LogP contribution in [0.1, 0.15) is 64.1 Å². The predicted octanol–water partition coefficient (Wildman–Crippen LogP) is 2.36. The van der Waals surface area contributed by atoms with Gasteiger partial charge in [0, 0.05) is 25.7 Å². The SMILES string of the molecule is CCn1c2nc(=O)n(C)c(=O)c-2cc2c1C[C@@H]1CC[C@H]3[C@@H]4[C@H](O)C[C@H](O)[C@@]4(C)CC[C@@H]3[C@@]1(C)C2. The summed E-state index contributed by atoms with van der Waals surface area (Å²) in [6.07, 6.45) is 5.82. The molecule has 0 amide bonds. The summed E-state index contributed by atoms with van der Waals surface area (Å²) in [5.74, 6) is 2.16. The molecule has 6 aliphatic rings. The molecule has 0 unspecified atom stereocenters. The lowest BCUT2D eigenvalue weighted by molar-refractivity contribution is -0.127. The third-order valence-corrected chi connectivity index (χ3v) is 10.9. The topological polar surface area (TPSA) is 97.4 Å². The van der Waals surface area contributed by atoms with E-state index in [9.17, 15) is 19.8 Å². The summed E-state index contributed by atoms with van der Waals surface area (Å²) in [5.41, 5.74) is 2.13. The highest BCUT2D eigenvalue weighted by Gasteiger charge is 2.62. The zero-order chi connectivity index (χ0) is 24.2. The van der Waals surface area contributed by atoms with Crippen LogP contribution in [0.15, 0.2) is 15.7 Å². The molecule has 2 heterocycles. The van der Waals surface area contributed by atoms with Crippen LogP contribution in [-0.4, -0.2) is 36.5 Å². The average Bonchev–Trinajstić information content (AvgIpc) is 3.03. The molecule has 3 fully saturated rings. The molecule has 7 heteroatoms. The van der Waals surface area contributed by atoms with Gasteiger partial charge in [0.1, 0.15) is 0 Å². The maximum atomic E-state index is 13.0. The largest absolute Gasteiger partial charge is 0.393 e. The number of aliphatic hydroxyl groups is 2. The molecule has 0 aromatic heterocycles. The number of rotatable bonds is 1. The van der Waals surface area contributed by atoms with Crippen molar-refractivity contribution in [3.8, 4) is 11.4 Å². The van der Waals surface area contributed by atoms with E-state index in [-0.39, 0.29) is 22.3 Å². The summed E-state index contributed by atoms with van der Waals surface area (Å²) >= 11 is 0. The first-order valence-corrected chi connectivity index (χ1v) is 13.1. The number of nitrogens with zero attached hydrogens (tertiary/aromatic N) is 3. The lowest BCUT2D eigenvalue weighted by Crippen LogP contribution is -2.56. The molecule has 184 valence electrons. The van der Waals surface area contributed by atoms with Gasteiger partial charge in [-0.3, -0.25) is 9.36 Å². The number of fused-ring (bicyclic) bond motifs is 7. The van der Waals surface area contributed by atoms with Crippen LogP contribution >= 0.6 is 0 Å². The molecule has 0 spiro atoms. The van der Waals surface area contributed by atoms with Crippen molar-refractivity contribution in [1.82, 2.24) is 14.1 Å². The van der Waals surface area contributed by atoms with E-state index >= 15 is 0 Å². The van der Waals surface area contributed by atoms with Crippen molar-refractivity contribution in [3.63, 3.8) is 0 Å². The summed E-state index contributed by atoms with van der Waals surface area (Å²) in [6, 6.07) is 2.01. The molecule has 6 rings (SSSR count). The summed E-state index contributed by atoms with van der Waals surface area (Å²) in [6.45, 7) is 7.38. The van der Waals surface area contributed by atoms with Crippen LogP contribution in [0.3, 0.4) is 0 Å². The van der Waals surface area contributed by atoms with Gasteiger partial charge in [0.25, 0.3) is 5.56 Å². The Labute approximate surface area is 200 Å². The van der Waals surface area contributed by atoms with Crippen LogP contribution < -0.4 is 11.2 Å². The van der Waals surface area contributed by atoms with Gasteiger partial charge in [0.05, 0.1) is 17.8 Å². The number of pyridine rings is 1. The smallest absolute Gasteiger partial charge is 0.352 e. The van der Waals surface area contributed by atoms with Crippen molar-refractivity contribution in [2.45, 2.75) is 84.5 Å². The molecule has 0 saturated heterocycles. The Hall–Kier alpha value is -1.99. The number of hydrogen-bond acceptors (Lipinski definition) is 5. The van der Waals surface area contributed by atoms with Gasteiger partial charge >= 0.3 is 5.69 Å². The highest BCUT2D eigenvalue weighted by Crippen LogP contribution is 2.65. The summed E-state index contributed by atoms with van der Waals surface area (Å²) < 4.78 is 3.21. The first-order chi connectivity index (χ1) is 16.1. The lowest BCUT2D eigenvalue weighted by atomic mass is 9.45. The lowest BCUT2D eigenvalue weighted by Gasteiger charge is -2.60. The van der Waals surface area contributed by atoms with Crippen molar-refractivity contribution in [2.75, 3.05) is 0 Å². The van der Waals surface area contributed by atoms with E-state index in [0.29, 0.717) is 42.1 Å². The molecule has 34 heavy (non-hydrogen) atoms. The van der Waals surface area contributed by atoms with E-state index < -0.39 is 17.9 Å². The van der Waals surface area contributed by atoms with E-state index in [1.807, 2.05) is 6.07 Å². The Morgan fingerprint density at radius 2 is 1.91 bits per heavy atom. The van der Waals surface area contributed by atoms with Gasteiger partial charge < -0.3 is 14.8 Å². The molecule has 0 aromatic rings. The zero-order valence-electron chi connectivity index (χ0n) is 20.8. The van der Waals surface area contributed by atoms with Crippen molar-refractivity contribution >= 4 is 0 Å². The van der Waals surface area contributed by atoms with Crippen LogP contribution in [0.2, 0.25) is 0 Å². The highest BCUT2D eigenvalue weighted by molar-refractivity contribution is 5.58. The summed E-state index contributed by atoms with van der Waals surface area (Å²) in [5, 5.41) is 21.7. The zero-order valence-corrected chi connectivity index (χ0v) is 20.8. The van der Waals surface area contributed by atoms with E-state index in [0.717, 1.165) is 43.1 Å². The Balaban J connectivity index is 1.46. The summed E-state index contributed by atoms with van der Waals surface area (Å²) in [7, 11) is 1.50. The molecule has 8 atom stereocenters. The van der Waals surface area contributed by atoms with E-state index in [1.54, 1.807) is 0 Å². The van der Waals surface area contributed by atoms with Gasteiger partial charge in [-0.05, 0) is 91.6 Å². The molecular weight excluding hydrogens is 430 g/mol. The maximum Gasteiger partial charge on any atom is 0.352 e. The van der Waals surface area contributed by atoms with Crippen LogP contribution in [0.25, 0.3) is 11.4 Å². The second kappa shape index (κ2) is 7.26. The fourth-order valence-electron chi connectivity index (χ4n) is 9.04. The Morgan fingerprint density at radius 3 is 2.65 bits per heavy atom. The number of aliphatic hydroxyl groups excluding tert-OH is 2. The number of hydrogen-bond donors (Lipinski definition) is 2. The molecular formula is C27H37N3O4.